The summed E-state index contributed by atoms with van der Waals surface area (Å²) in [6.07, 6.45) is -4.42. The van der Waals surface area contributed by atoms with Crippen LogP contribution in [0.15, 0.2) is 6.07 Å². The molecule has 0 aliphatic rings. The van der Waals surface area contributed by atoms with Crippen LogP contribution in [0.5, 0.6) is 0 Å². The van der Waals surface area contributed by atoms with Crippen molar-refractivity contribution in [1.82, 2.24) is 9.78 Å². The maximum atomic E-state index is 12.2. The van der Waals surface area contributed by atoms with Crippen LogP contribution in [0.4, 0.5) is 13.2 Å². The standard InChI is InChI=1S/C8H10ClF3N2/c1-5(2)4-14-7(9)3-6(13-14)8(10,11)12/h3,5H,4H2,1-2H3. The summed E-state index contributed by atoms with van der Waals surface area (Å²) in [6.45, 7) is 4.14. The first-order chi connectivity index (χ1) is 6.30. The van der Waals surface area contributed by atoms with Crippen LogP contribution in [-0.4, -0.2) is 9.78 Å². The molecule has 1 aromatic heterocycles. The molecule has 1 rings (SSSR count). The van der Waals surface area contributed by atoms with Crippen molar-refractivity contribution in [2.75, 3.05) is 0 Å². The first-order valence-electron chi connectivity index (χ1n) is 4.11. The summed E-state index contributed by atoms with van der Waals surface area (Å²) in [5.41, 5.74) is -0.942. The zero-order valence-electron chi connectivity index (χ0n) is 7.77. The van der Waals surface area contributed by atoms with E-state index in [0.717, 1.165) is 10.7 Å². The highest BCUT2D eigenvalue weighted by molar-refractivity contribution is 6.29. The third kappa shape index (κ3) is 2.64. The number of rotatable bonds is 2. The van der Waals surface area contributed by atoms with Crippen molar-refractivity contribution in [2.45, 2.75) is 26.6 Å². The third-order valence-electron chi connectivity index (χ3n) is 1.56. The Balaban J connectivity index is 2.94. The lowest BCUT2D eigenvalue weighted by Crippen LogP contribution is -2.10. The summed E-state index contributed by atoms with van der Waals surface area (Å²) >= 11 is 5.60. The minimum atomic E-state index is -4.42. The lowest BCUT2D eigenvalue weighted by atomic mass is 10.2. The predicted octanol–water partition coefficient (Wildman–Crippen LogP) is 3.21. The van der Waals surface area contributed by atoms with Crippen LogP contribution in [0.3, 0.4) is 0 Å². The van der Waals surface area contributed by atoms with Gasteiger partial charge in [-0.1, -0.05) is 25.4 Å². The van der Waals surface area contributed by atoms with E-state index in [1.54, 1.807) is 0 Å². The van der Waals surface area contributed by atoms with Gasteiger partial charge in [0, 0.05) is 12.6 Å². The lowest BCUT2D eigenvalue weighted by molar-refractivity contribution is -0.141. The molecule has 0 aliphatic carbocycles. The Morgan fingerprint density at radius 3 is 2.43 bits per heavy atom. The summed E-state index contributed by atoms with van der Waals surface area (Å²) in [5, 5.41) is 3.40. The largest absolute Gasteiger partial charge is 0.435 e. The van der Waals surface area contributed by atoms with E-state index in [2.05, 4.69) is 5.10 Å². The Labute approximate surface area is 84.7 Å². The van der Waals surface area contributed by atoms with Crippen LogP contribution in [0, 0.1) is 5.92 Å². The van der Waals surface area contributed by atoms with Gasteiger partial charge >= 0.3 is 6.18 Å². The van der Waals surface area contributed by atoms with Crippen molar-refractivity contribution in [1.29, 1.82) is 0 Å². The monoisotopic (exact) mass is 226 g/mol. The van der Waals surface area contributed by atoms with Gasteiger partial charge in [0.25, 0.3) is 0 Å². The molecule has 1 heterocycles. The fourth-order valence-corrected chi connectivity index (χ4v) is 1.22. The second kappa shape index (κ2) is 3.81. The van der Waals surface area contributed by atoms with Crippen molar-refractivity contribution < 1.29 is 13.2 Å². The molecular formula is C8H10ClF3N2. The number of alkyl halides is 3. The highest BCUT2D eigenvalue weighted by Crippen LogP contribution is 2.29. The minimum absolute atomic E-state index is 0.0195. The van der Waals surface area contributed by atoms with E-state index in [4.69, 9.17) is 11.6 Å². The molecule has 0 amide bonds. The number of hydrogen-bond acceptors (Lipinski definition) is 1. The second-order valence-electron chi connectivity index (χ2n) is 3.43. The SMILES string of the molecule is CC(C)Cn1nc(C(F)(F)F)cc1Cl. The normalized spacial score (nSPS) is 12.5. The summed E-state index contributed by atoms with van der Waals surface area (Å²) in [4.78, 5) is 0. The molecule has 80 valence electrons. The van der Waals surface area contributed by atoms with Crippen molar-refractivity contribution in [3.05, 3.63) is 16.9 Å². The van der Waals surface area contributed by atoms with Gasteiger partial charge in [-0.05, 0) is 5.92 Å². The average molecular weight is 227 g/mol. The van der Waals surface area contributed by atoms with Gasteiger partial charge in [-0.2, -0.15) is 18.3 Å². The van der Waals surface area contributed by atoms with E-state index in [9.17, 15) is 13.2 Å². The van der Waals surface area contributed by atoms with E-state index in [-0.39, 0.29) is 11.1 Å². The van der Waals surface area contributed by atoms with Crippen LogP contribution in [0.25, 0.3) is 0 Å². The van der Waals surface area contributed by atoms with Gasteiger partial charge in [-0.25, -0.2) is 0 Å². The van der Waals surface area contributed by atoms with Gasteiger partial charge in [0.15, 0.2) is 5.69 Å². The topological polar surface area (TPSA) is 17.8 Å². The first kappa shape index (κ1) is 11.4. The Hall–Kier alpha value is -0.710. The van der Waals surface area contributed by atoms with Crippen molar-refractivity contribution in [3.8, 4) is 0 Å². The van der Waals surface area contributed by atoms with Crippen molar-refractivity contribution in [3.63, 3.8) is 0 Å². The molecule has 0 fully saturated rings. The molecule has 0 saturated carbocycles. The summed E-state index contributed by atoms with van der Waals surface area (Å²) in [5.74, 6) is 0.202. The predicted molar refractivity (Wildman–Crippen MR) is 47.1 cm³/mol. The van der Waals surface area contributed by atoms with Gasteiger partial charge in [-0.15, -0.1) is 0 Å². The molecule has 6 heteroatoms. The molecular weight excluding hydrogens is 217 g/mol. The van der Waals surface area contributed by atoms with Crippen LogP contribution < -0.4 is 0 Å². The van der Waals surface area contributed by atoms with Crippen LogP contribution in [0.1, 0.15) is 19.5 Å². The molecule has 0 radical (unpaired) electrons. The lowest BCUT2D eigenvalue weighted by Gasteiger charge is -2.05. The molecule has 0 N–H and O–H groups in total. The molecule has 0 aromatic carbocycles. The molecule has 0 spiro atoms. The Bertz CT molecular complexity index is 317. The van der Waals surface area contributed by atoms with E-state index < -0.39 is 11.9 Å². The molecule has 0 bridgehead atoms. The van der Waals surface area contributed by atoms with Crippen LogP contribution in [0.2, 0.25) is 5.15 Å². The van der Waals surface area contributed by atoms with Crippen LogP contribution in [-0.2, 0) is 12.7 Å². The van der Waals surface area contributed by atoms with Gasteiger partial charge in [-0.3, -0.25) is 4.68 Å². The number of hydrogen-bond donors (Lipinski definition) is 0. The Morgan fingerprint density at radius 2 is 2.07 bits per heavy atom. The fourth-order valence-electron chi connectivity index (χ4n) is 1.01. The Morgan fingerprint density at radius 1 is 1.50 bits per heavy atom. The summed E-state index contributed by atoms with van der Waals surface area (Å²) in [7, 11) is 0. The molecule has 0 unspecified atom stereocenters. The molecule has 2 nitrogen and oxygen atoms in total. The second-order valence-corrected chi connectivity index (χ2v) is 3.81. The van der Waals surface area contributed by atoms with E-state index >= 15 is 0 Å². The highest BCUT2D eigenvalue weighted by atomic mass is 35.5. The fraction of sp³-hybridized carbons (Fsp3) is 0.625. The van der Waals surface area contributed by atoms with Gasteiger partial charge in [0.1, 0.15) is 5.15 Å². The third-order valence-corrected chi connectivity index (χ3v) is 1.86. The maximum absolute atomic E-state index is 12.2. The Kier molecular flexibility index (Phi) is 3.09. The van der Waals surface area contributed by atoms with Crippen molar-refractivity contribution in [2.24, 2.45) is 5.92 Å². The van der Waals surface area contributed by atoms with E-state index in [1.807, 2.05) is 13.8 Å². The van der Waals surface area contributed by atoms with Gasteiger partial charge in [0.2, 0.25) is 0 Å². The number of halogens is 4. The quantitative estimate of drug-likeness (QED) is 0.757. The van der Waals surface area contributed by atoms with Crippen LogP contribution >= 0.6 is 11.6 Å². The summed E-state index contributed by atoms with van der Waals surface area (Å²) < 4.78 is 37.7. The van der Waals surface area contributed by atoms with Gasteiger partial charge < -0.3 is 0 Å². The zero-order valence-corrected chi connectivity index (χ0v) is 8.52. The summed E-state index contributed by atoms with van der Waals surface area (Å²) in [6, 6.07) is 0.837. The number of nitrogens with zero attached hydrogens (tertiary/aromatic N) is 2. The maximum Gasteiger partial charge on any atom is 0.435 e. The minimum Gasteiger partial charge on any atom is -0.253 e. The smallest absolute Gasteiger partial charge is 0.253 e. The van der Waals surface area contributed by atoms with E-state index in [0.29, 0.717) is 6.54 Å². The van der Waals surface area contributed by atoms with E-state index in [1.165, 1.54) is 0 Å². The molecule has 0 aliphatic heterocycles. The van der Waals surface area contributed by atoms with Crippen molar-refractivity contribution >= 4 is 11.6 Å². The number of aromatic nitrogens is 2. The first-order valence-corrected chi connectivity index (χ1v) is 4.49. The molecule has 0 atom stereocenters. The molecule has 0 saturated heterocycles. The highest BCUT2D eigenvalue weighted by Gasteiger charge is 2.34. The molecule has 14 heavy (non-hydrogen) atoms. The zero-order chi connectivity index (χ0) is 10.9. The molecule has 1 aromatic rings. The van der Waals surface area contributed by atoms with Gasteiger partial charge in [0.05, 0.1) is 0 Å². The average Bonchev–Trinajstić information content (AvgIpc) is 2.30.